The second kappa shape index (κ2) is 11.0. The predicted octanol–water partition coefficient (Wildman–Crippen LogP) is 5.60. The number of imidazole rings is 1. The van der Waals surface area contributed by atoms with E-state index in [-0.39, 0.29) is 5.91 Å². The van der Waals surface area contributed by atoms with Gasteiger partial charge in [0.05, 0.1) is 31.3 Å². The molecule has 3 aromatic carbocycles. The molecule has 1 N–H and O–H groups in total. The SMILES string of the molecule is COc1cccc(OCCCCn2c(CNC(=O)c3cccc(Br)c3)nc3ccccc32)c1. The van der Waals surface area contributed by atoms with Crippen molar-refractivity contribution in [1.82, 2.24) is 14.9 Å². The molecule has 0 bridgehead atoms. The number of nitrogens with one attached hydrogen (secondary N) is 1. The maximum atomic E-state index is 12.6. The van der Waals surface area contributed by atoms with Crippen LogP contribution in [0, 0.1) is 0 Å². The van der Waals surface area contributed by atoms with E-state index in [1.807, 2.05) is 54.6 Å². The number of hydrogen-bond donors (Lipinski definition) is 1. The molecule has 170 valence electrons. The van der Waals surface area contributed by atoms with Gasteiger partial charge in [-0.2, -0.15) is 0 Å². The number of fused-ring (bicyclic) bond motifs is 1. The first-order valence-electron chi connectivity index (χ1n) is 10.9. The van der Waals surface area contributed by atoms with E-state index in [1.165, 1.54) is 0 Å². The number of amides is 1. The van der Waals surface area contributed by atoms with Crippen LogP contribution in [0.2, 0.25) is 0 Å². The highest BCUT2D eigenvalue weighted by atomic mass is 79.9. The van der Waals surface area contributed by atoms with Crippen LogP contribution in [0.15, 0.2) is 77.3 Å². The monoisotopic (exact) mass is 507 g/mol. The summed E-state index contributed by atoms with van der Waals surface area (Å²) in [5, 5.41) is 3.00. The zero-order valence-corrected chi connectivity index (χ0v) is 20.0. The Morgan fingerprint density at radius 3 is 2.67 bits per heavy atom. The van der Waals surface area contributed by atoms with E-state index in [1.54, 1.807) is 19.2 Å². The summed E-state index contributed by atoms with van der Waals surface area (Å²) in [5.41, 5.74) is 2.61. The first kappa shape index (κ1) is 22.9. The fourth-order valence-corrected chi connectivity index (χ4v) is 4.05. The summed E-state index contributed by atoms with van der Waals surface area (Å²) < 4.78 is 14.2. The highest BCUT2D eigenvalue weighted by molar-refractivity contribution is 9.10. The number of unbranched alkanes of at least 4 members (excludes halogenated alkanes) is 1. The van der Waals surface area contributed by atoms with Crippen molar-refractivity contribution in [2.75, 3.05) is 13.7 Å². The van der Waals surface area contributed by atoms with E-state index < -0.39 is 0 Å². The number of hydrogen-bond acceptors (Lipinski definition) is 4. The minimum absolute atomic E-state index is 0.124. The van der Waals surface area contributed by atoms with Gasteiger partial charge < -0.3 is 19.4 Å². The first-order chi connectivity index (χ1) is 16.1. The number of nitrogens with zero attached hydrogens (tertiary/aromatic N) is 2. The van der Waals surface area contributed by atoms with Gasteiger partial charge >= 0.3 is 0 Å². The zero-order valence-electron chi connectivity index (χ0n) is 18.5. The number of rotatable bonds is 10. The highest BCUT2D eigenvalue weighted by Gasteiger charge is 2.12. The van der Waals surface area contributed by atoms with Crippen molar-refractivity contribution in [3.05, 3.63) is 88.7 Å². The van der Waals surface area contributed by atoms with Gasteiger partial charge in [0, 0.05) is 22.6 Å². The summed E-state index contributed by atoms with van der Waals surface area (Å²) >= 11 is 3.41. The van der Waals surface area contributed by atoms with E-state index >= 15 is 0 Å². The van der Waals surface area contributed by atoms with Crippen LogP contribution in [0.1, 0.15) is 29.0 Å². The Balaban J connectivity index is 1.37. The molecule has 0 radical (unpaired) electrons. The molecule has 6 nitrogen and oxygen atoms in total. The maximum Gasteiger partial charge on any atom is 0.251 e. The standard InChI is InChI=1S/C26H26BrN3O3/c1-32-21-10-7-11-22(17-21)33-15-5-4-14-30-24-13-3-2-12-23(24)29-25(30)18-28-26(31)19-8-6-9-20(27)16-19/h2-3,6-13,16-17H,4-5,14-15,18H2,1H3,(H,28,31). The Kier molecular flexibility index (Phi) is 7.62. The van der Waals surface area contributed by atoms with Crippen LogP contribution in [0.3, 0.4) is 0 Å². The molecule has 4 aromatic rings. The Labute approximate surface area is 201 Å². The third kappa shape index (κ3) is 5.93. The van der Waals surface area contributed by atoms with Gasteiger partial charge in [-0.15, -0.1) is 0 Å². The molecule has 1 amide bonds. The van der Waals surface area contributed by atoms with Crippen LogP contribution in [0.25, 0.3) is 11.0 Å². The molecule has 0 saturated heterocycles. The van der Waals surface area contributed by atoms with Gasteiger partial charge in [-0.25, -0.2) is 4.98 Å². The topological polar surface area (TPSA) is 65.4 Å². The molecule has 0 aliphatic rings. The predicted molar refractivity (Wildman–Crippen MR) is 133 cm³/mol. The third-order valence-corrected chi connectivity index (χ3v) is 5.81. The first-order valence-corrected chi connectivity index (χ1v) is 11.7. The Morgan fingerprint density at radius 1 is 1.00 bits per heavy atom. The van der Waals surface area contributed by atoms with E-state index in [2.05, 4.69) is 31.9 Å². The van der Waals surface area contributed by atoms with E-state index in [4.69, 9.17) is 14.5 Å². The van der Waals surface area contributed by atoms with Crippen molar-refractivity contribution in [1.29, 1.82) is 0 Å². The van der Waals surface area contributed by atoms with Crippen molar-refractivity contribution in [3.8, 4) is 11.5 Å². The van der Waals surface area contributed by atoms with E-state index in [0.29, 0.717) is 18.7 Å². The Bertz CT molecular complexity index is 1240. The lowest BCUT2D eigenvalue weighted by Crippen LogP contribution is -2.24. The van der Waals surface area contributed by atoms with Crippen molar-refractivity contribution >= 4 is 32.9 Å². The van der Waals surface area contributed by atoms with Crippen molar-refractivity contribution < 1.29 is 14.3 Å². The summed E-state index contributed by atoms with van der Waals surface area (Å²) in [6, 6.07) is 23.0. The van der Waals surface area contributed by atoms with Crippen molar-refractivity contribution in [2.24, 2.45) is 0 Å². The second-order valence-corrected chi connectivity index (χ2v) is 8.51. The van der Waals surface area contributed by atoms with Gasteiger partial charge in [0.15, 0.2) is 0 Å². The number of aryl methyl sites for hydroxylation is 1. The lowest BCUT2D eigenvalue weighted by molar-refractivity contribution is 0.0949. The lowest BCUT2D eigenvalue weighted by Gasteiger charge is -2.11. The number of halogens is 1. The quantitative estimate of drug-likeness (QED) is 0.284. The largest absolute Gasteiger partial charge is 0.497 e. The van der Waals surface area contributed by atoms with Gasteiger partial charge in [-0.05, 0) is 55.3 Å². The molecule has 0 spiro atoms. The van der Waals surface area contributed by atoms with Crippen LogP contribution in [0.4, 0.5) is 0 Å². The molecule has 4 rings (SSSR count). The van der Waals surface area contributed by atoms with E-state index in [9.17, 15) is 4.79 Å². The Hall–Kier alpha value is -3.32. The molecule has 0 fully saturated rings. The molecule has 1 aromatic heterocycles. The normalized spacial score (nSPS) is 10.8. The molecule has 33 heavy (non-hydrogen) atoms. The molecule has 0 aliphatic heterocycles. The molecule has 0 unspecified atom stereocenters. The van der Waals surface area contributed by atoms with Gasteiger partial charge in [0.1, 0.15) is 17.3 Å². The van der Waals surface area contributed by atoms with Crippen LogP contribution in [-0.2, 0) is 13.1 Å². The van der Waals surface area contributed by atoms with Crippen LogP contribution < -0.4 is 14.8 Å². The van der Waals surface area contributed by atoms with Crippen LogP contribution in [0.5, 0.6) is 11.5 Å². The molecule has 0 saturated carbocycles. The summed E-state index contributed by atoms with van der Waals surface area (Å²) in [5.74, 6) is 2.31. The number of para-hydroxylation sites is 2. The molecular weight excluding hydrogens is 482 g/mol. The molecular formula is C26H26BrN3O3. The van der Waals surface area contributed by atoms with Gasteiger partial charge in [-0.3, -0.25) is 4.79 Å². The maximum absolute atomic E-state index is 12.6. The number of methoxy groups -OCH3 is 1. The number of carbonyl (C=O) groups excluding carboxylic acids is 1. The minimum atomic E-state index is -0.124. The molecule has 1 heterocycles. The lowest BCUT2D eigenvalue weighted by atomic mass is 10.2. The Morgan fingerprint density at radius 2 is 1.82 bits per heavy atom. The molecule has 0 atom stereocenters. The smallest absolute Gasteiger partial charge is 0.251 e. The molecule has 7 heteroatoms. The van der Waals surface area contributed by atoms with Crippen molar-refractivity contribution in [3.63, 3.8) is 0 Å². The van der Waals surface area contributed by atoms with Crippen LogP contribution >= 0.6 is 15.9 Å². The summed E-state index contributed by atoms with van der Waals surface area (Å²) in [6.07, 6.45) is 1.82. The summed E-state index contributed by atoms with van der Waals surface area (Å²) in [6.45, 7) is 1.78. The number of carbonyl (C=O) groups is 1. The fourth-order valence-electron chi connectivity index (χ4n) is 3.65. The average molecular weight is 508 g/mol. The van der Waals surface area contributed by atoms with Crippen molar-refractivity contribution in [2.45, 2.75) is 25.9 Å². The third-order valence-electron chi connectivity index (χ3n) is 5.31. The summed E-state index contributed by atoms with van der Waals surface area (Å²) in [7, 11) is 1.65. The number of benzene rings is 3. The minimum Gasteiger partial charge on any atom is -0.497 e. The van der Waals surface area contributed by atoms with Gasteiger partial charge in [0.25, 0.3) is 5.91 Å². The average Bonchev–Trinajstić information content (AvgIpc) is 3.20. The molecule has 0 aliphatic carbocycles. The summed E-state index contributed by atoms with van der Waals surface area (Å²) in [4.78, 5) is 17.3. The fraction of sp³-hybridized carbons (Fsp3) is 0.231. The van der Waals surface area contributed by atoms with Crippen LogP contribution in [-0.4, -0.2) is 29.2 Å². The van der Waals surface area contributed by atoms with Gasteiger partial charge in [-0.1, -0.05) is 40.2 Å². The number of aromatic nitrogens is 2. The second-order valence-electron chi connectivity index (χ2n) is 7.60. The number of ether oxygens (including phenoxy) is 2. The highest BCUT2D eigenvalue weighted by Crippen LogP contribution is 2.20. The van der Waals surface area contributed by atoms with Gasteiger partial charge in [0.2, 0.25) is 0 Å². The zero-order chi connectivity index (χ0) is 23.0. The van der Waals surface area contributed by atoms with E-state index in [0.717, 1.165) is 52.2 Å².